The second-order valence-electron chi connectivity index (χ2n) is 7.77. The topological polar surface area (TPSA) is 44.8 Å². The second-order valence-corrected chi connectivity index (χ2v) is 7.77. The number of benzene rings is 1. The summed E-state index contributed by atoms with van der Waals surface area (Å²) >= 11 is 0. The lowest BCUT2D eigenvalue weighted by molar-refractivity contribution is -0.131. The largest absolute Gasteiger partial charge is 0.378 e. The molecule has 5 nitrogen and oxygen atoms in total. The molecule has 2 heterocycles. The summed E-state index contributed by atoms with van der Waals surface area (Å²) in [5.74, 6) is 1.31. The molecule has 160 valence electrons. The molecule has 2 aliphatic rings. The molecule has 0 radical (unpaired) electrons. The van der Waals surface area contributed by atoms with Crippen molar-refractivity contribution < 1.29 is 9.53 Å². The molecule has 2 saturated heterocycles. The first-order valence-corrected chi connectivity index (χ1v) is 10.0. The molecule has 1 aromatic rings. The van der Waals surface area contributed by atoms with Crippen LogP contribution in [0.1, 0.15) is 31.7 Å². The Morgan fingerprint density at radius 3 is 2.68 bits per heavy atom. The highest BCUT2D eigenvalue weighted by Gasteiger charge is 2.24. The van der Waals surface area contributed by atoms with Gasteiger partial charge in [-0.3, -0.25) is 4.79 Å². The summed E-state index contributed by atoms with van der Waals surface area (Å²) in [5, 5.41) is 3.46. The molecule has 0 spiro atoms. The van der Waals surface area contributed by atoms with E-state index in [0.29, 0.717) is 24.8 Å². The van der Waals surface area contributed by atoms with Crippen LogP contribution in [0.5, 0.6) is 0 Å². The number of ether oxygens (including phenoxy) is 1. The van der Waals surface area contributed by atoms with E-state index in [2.05, 4.69) is 41.4 Å². The van der Waals surface area contributed by atoms with E-state index >= 15 is 0 Å². The lowest BCUT2D eigenvalue weighted by Gasteiger charge is -2.32. The van der Waals surface area contributed by atoms with Crippen molar-refractivity contribution in [3.8, 4) is 0 Å². The fourth-order valence-corrected chi connectivity index (χ4v) is 4.06. The van der Waals surface area contributed by atoms with Crippen molar-refractivity contribution in [2.75, 3.05) is 51.3 Å². The van der Waals surface area contributed by atoms with Gasteiger partial charge in [-0.15, -0.1) is 24.8 Å². The minimum absolute atomic E-state index is 0. The molecular weight excluding hydrogens is 397 g/mol. The highest BCUT2D eigenvalue weighted by Crippen LogP contribution is 2.25. The number of para-hydroxylation sites is 1. The van der Waals surface area contributed by atoms with Gasteiger partial charge in [-0.2, -0.15) is 0 Å². The fraction of sp³-hybridized carbons (Fsp3) is 0.667. The van der Waals surface area contributed by atoms with Crippen LogP contribution in [0.15, 0.2) is 24.3 Å². The van der Waals surface area contributed by atoms with Crippen molar-refractivity contribution >= 4 is 36.4 Å². The van der Waals surface area contributed by atoms with Gasteiger partial charge in [0.1, 0.15) is 0 Å². The van der Waals surface area contributed by atoms with Crippen LogP contribution in [0.3, 0.4) is 0 Å². The SMILES string of the molecule is CC(CC(=O)N(C)Cc1ccccc1N1CCOCC1)C1CCCNC1.Cl.Cl. The Morgan fingerprint density at radius 2 is 2.00 bits per heavy atom. The standard InChI is InChI=1S/C21H33N3O2.2ClH/c1-17(18-7-5-9-22-15-18)14-21(25)23(2)16-19-6-3-4-8-20(19)24-10-12-26-13-11-24;;/h3-4,6,8,17-18,22H,5,7,9-16H2,1-2H3;2*1H. The number of nitrogens with one attached hydrogen (secondary N) is 1. The number of morpholine rings is 1. The third-order valence-corrected chi connectivity index (χ3v) is 5.81. The van der Waals surface area contributed by atoms with E-state index in [0.717, 1.165) is 39.4 Å². The quantitative estimate of drug-likeness (QED) is 0.749. The molecule has 2 unspecified atom stereocenters. The summed E-state index contributed by atoms with van der Waals surface area (Å²) in [4.78, 5) is 17.0. The third-order valence-electron chi connectivity index (χ3n) is 5.81. The van der Waals surface area contributed by atoms with Crippen LogP contribution in [-0.4, -0.2) is 57.2 Å². The average molecular weight is 432 g/mol. The maximum absolute atomic E-state index is 12.8. The maximum atomic E-state index is 12.8. The van der Waals surface area contributed by atoms with Crippen molar-refractivity contribution in [1.82, 2.24) is 10.2 Å². The molecule has 2 fully saturated rings. The minimum atomic E-state index is 0. The molecule has 1 N–H and O–H groups in total. The second kappa shape index (κ2) is 12.5. The van der Waals surface area contributed by atoms with Crippen LogP contribution in [0.25, 0.3) is 0 Å². The molecular formula is C21H35Cl2N3O2. The third kappa shape index (κ3) is 6.80. The lowest BCUT2D eigenvalue weighted by atomic mass is 9.85. The fourth-order valence-electron chi connectivity index (χ4n) is 4.06. The van der Waals surface area contributed by atoms with Crippen LogP contribution in [0.2, 0.25) is 0 Å². The van der Waals surface area contributed by atoms with Gasteiger partial charge in [-0.05, 0) is 49.4 Å². The van der Waals surface area contributed by atoms with Gasteiger partial charge in [0.25, 0.3) is 0 Å². The average Bonchev–Trinajstić information content (AvgIpc) is 2.69. The van der Waals surface area contributed by atoms with Gasteiger partial charge in [-0.25, -0.2) is 0 Å². The Balaban J connectivity index is 0.00000196. The highest BCUT2D eigenvalue weighted by molar-refractivity contribution is 5.85. The molecule has 7 heteroatoms. The number of piperidine rings is 1. The summed E-state index contributed by atoms with van der Waals surface area (Å²) < 4.78 is 5.47. The van der Waals surface area contributed by atoms with E-state index in [1.807, 2.05) is 11.9 Å². The van der Waals surface area contributed by atoms with Gasteiger partial charge in [-0.1, -0.05) is 25.1 Å². The normalized spacial score (nSPS) is 20.5. The van der Waals surface area contributed by atoms with Crippen LogP contribution in [0.4, 0.5) is 5.69 Å². The van der Waals surface area contributed by atoms with Gasteiger partial charge in [0.15, 0.2) is 0 Å². The van der Waals surface area contributed by atoms with E-state index in [-0.39, 0.29) is 30.7 Å². The maximum Gasteiger partial charge on any atom is 0.222 e. The van der Waals surface area contributed by atoms with Gasteiger partial charge in [0.2, 0.25) is 5.91 Å². The summed E-state index contributed by atoms with van der Waals surface area (Å²) in [6.45, 7) is 8.45. The molecule has 0 aliphatic carbocycles. The monoisotopic (exact) mass is 431 g/mol. The molecule has 0 aromatic heterocycles. The van der Waals surface area contributed by atoms with Crippen LogP contribution in [0, 0.1) is 11.8 Å². The first-order valence-electron chi connectivity index (χ1n) is 10.0. The molecule has 0 bridgehead atoms. The Morgan fingerprint density at radius 1 is 1.29 bits per heavy atom. The zero-order chi connectivity index (χ0) is 18.4. The zero-order valence-electron chi connectivity index (χ0n) is 17.1. The number of carbonyl (C=O) groups excluding carboxylic acids is 1. The van der Waals surface area contributed by atoms with E-state index in [9.17, 15) is 4.79 Å². The Hall–Kier alpha value is -1.01. The van der Waals surface area contributed by atoms with Gasteiger partial charge in [0, 0.05) is 38.8 Å². The van der Waals surface area contributed by atoms with E-state index < -0.39 is 0 Å². The first kappa shape index (κ1) is 25.0. The van der Waals surface area contributed by atoms with Crippen LogP contribution in [-0.2, 0) is 16.1 Å². The number of carbonyl (C=O) groups is 1. The van der Waals surface area contributed by atoms with Crippen molar-refractivity contribution in [2.24, 2.45) is 11.8 Å². The molecule has 0 saturated carbocycles. The van der Waals surface area contributed by atoms with Crippen molar-refractivity contribution in [3.05, 3.63) is 29.8 Å². The summed E-state index contributed by atoms with van der Waals surface area (Å²) in [6.07, 6.45) is 3.11. The molecule has 2 aliphatic heterocycles. The molecule has 2 atom stereocenters. The predicted molar refractivity (Wildman–Crippen MR) is 120 cm³/mol. The number of hydrogen-bond acceptors (Lipinski definition) is 4. The van der Waals surface area contributed by atoms with Crippen molar-refractivity contribution in [1.29, 1.82) is 0 Å². The number of anilines is 1. The minimum Gasteiger partial charge on any atom is -0.378 e. The number of amides is 1. The van der Waals surface area contributed by atoms with Crippen molar-refractivity contribution in [3.63, 3.8) is 0 Å². The Bertz CT molecular complexity index is 591. The number of hydrogen-bond donors (Lipinski definition) is 1. The number of nitrogens with zero attached hydrogens (tertiary/aromatic N) is 2. The van der Waals surface area contributed by atoms with Gasteiger partial charge >= 0.3 is 0 Å². The smallest absolute Gasteiger partial charge is 0.222 e. The lowest BCUT2D eigenvalue weighted by Crippen LogP contribution is -2.38. The summed E-state index contributed by atoms with van der Waals surface area (Å²) in [5.41, 5.74) is 2.46. The molecule has 3 rings (SSSR count). The summed E-state index contributed by atoms with van der Waals surface area (Å²) in [7, 11) is 1.93. The van der Waals surface area contributed by atoms with Gasteiger partial charge < -0.3 is 19.9 Å². The number of halogens is 2. The first-order chi connectivity index (χ1) is 12.6. The highest BCUT2D eigenvalue weighted by atomic mass is 35.5. The molecule has 28 heavy (non-hydrogen) atoms. The predicted octanol–water partition coefficient (Wildman–Crippen LogP) is 3.35. The Labute approximate surface area is 182 Å². The van der Waals surface area contributed by atoms with E-state index in [1.54, 1.807) is 0 Å². The van der Waals surface area contributed by atoms with Crippen LogP contribution >= 0.6 is 24.8 Å². The van der Waals surface area contributed by atoms with E-state index in [4.69, 9.17) is 4.74 Å². The van der Waals surface area contributed by atoms with Gasteiger partial charge in [0.05, 0.1) is 13.2 Å². The zero-order valence-corrected chi connectivity index (χ0v) is 18.7. The number of rotatable bonds is 6. The summed E-state index contributed by atoms with van der Waals surface area (Å²) in [6, 6.07) is 8.44. The molecule has 1 aromatic carbocycles. The van der Waals surface area contributed by atoms with Crippen LogP contribution < -0.4 is 10.2 Å². The Kier molecular flexibility index (Phi) is 11.2. The van der Waals surface area contributed by atoms with E-state index in [1.165, 1.54) is 24.1 Å². The molecule has 1 amide bonds. The van der Waals surface area contributed by atoms with Crippen molar-refractivity contribution in [2.45, 2.75) is 32.7 Å².